The summed E-state index contributed by atoms with van der Waals surface area (Å²) in [6.07, 6.45) is 16.5. The van der Waals surface area contributed by atoms with Gasteiger partial charge in [-0.15, -0.1) is 5.10 Å². The summed E-state index contributed by atoms with van der Waals surface area (Å²) >= 11 is 0. The number of nitrogens with zero attached hydrogens (tertiary/aromatic N) is 9. The fourth-order valence-electron chi connectivity index (χ4n) is 5.81. The summed E-state index contributed by atoms with van der Waals surface area (Å²) in [5, 5.41) is 15.8. The Morgan fingerprint density at radius 2 is 1.14 bits per heavy atom. The van der Waals surface area contributed by atoms with Crippen molar-refractivity contribution in [1.82, 2.24) is 50.2 Å². The van der Waals surface area contributed by atoms with Crippen molar-refractivity contribution in [2.75, 3.05) is 12.4 Å². The Balaban J connectivity index is 0.000000207. The Kier molecular flexibility index (Phi) is 16.7. The Bertz CT molecular complexity index is 2310. The molecule has 0 bridgehead atoms. The number of amides is 2. The van der Waals surface area contributed by atoms with Gasteiger partial charge in [-0.2, -0.15) is 0 Å². The van der Waals surface area contributed by atoms with E-state index in [1.54, 1.807) is 48.9 Å². The van der Waals surface area contributed by atoms with Crippen LogP contribution in [0.3, 0.4) is 0 Å². The molecule has 7 aromatic heterocycles. The average Bonchev–Trinajstić information content (AvgIpc) is 3.75. The number of benzene rings is 1. The molecule has 2 amide bonds. The van der Waals surface area contributed by atoms with Crippen molar-refractivity contribution in [3.8, 4) is 22.8 Å². The van der Waals surface area contributed by atoms with Gasteiger partial charge in [-0.3, -0.25) is 44.2 Å². The minimum atomic E-state index is -0.0906. The van der Waals surface area contributed by atoms with Crippen molar-refractivity contribution in [2.24, 2.45) is 0 Å². The quantitative estimate of drug-likeness (QED) is 0.0712. The van der Waals surface area contributed by atoms with Crippen LogP contribution in [0.25, 0.3) is 44.6 Å². The van der Waals surface area contributed by atoms with Crippen molar-refractivity contribution >= 4 is 39.3 Å². The fourth-order valence-corrected chi connectivity index (χ4v) is 5.81. The van der Waals surface area contributed by atoms with Crippen molar-refractivity contribution in [3.05, 3.63) is 152 Å². The van der Waals surface area contributed by atoms with E-state index in [9.17, 15) is 9.59 Å². The monoisotopic (exact) mass is 859 g/mol. The predicted octanol–water partition coefficient (Wildman–Crippen LogP) is 7.54. The summed E-state index contributed by atoms with van der Waals surface area (Å²) in [5.41, 5.74) is 6.75. The number of aryl methyl sites for hydroxylation is 2. The van der Waals surface area contributed by atoms with Crippen LogP contribution < -0.4 is 10.6 Å². The molecule has 7 heterocycles. The SMILES string of the molecule is CNC(=O)CCCCCn1cc(CCC(=O)Nc2cc3cccnc3c3ncccc23)nn1.[Ru].c1ccc(-c2ccccn2)nc1.c1ccc(-c2ccccn2)nc1. The summed E-state index contributed by atoms with van der Waals surface area (Å²) in [7, 11) is 1.65. The molecule has 2 N–H and O–H groups in total. The van der Waals surface area contributed by atoms with Gasteiger partial charge in [0.25, 0.3) is 0 Å². The van der Waals surface area contributed by atoms with E-state index in [0.717, 1.165) is 81.8 Å². The van der Waals surface area contributed by atoms with E-state index >= 15 is 0 Å². The number of nitrogens with one attached hydrogen (secondary N) is 2. The normalized spacial score (nSPS) is 10.3. The number of carbonyl (C=O) groups is 2. The molecule has 58 heavy (non-hydrogen) atoms. The zero-order valence-electron chi connectivity index (χ0n) is 32.0. The van der Waals surface area contributed by atoms with Gasteiger partial charge in [-0.1, -0.05) is 42.0 Å². The molecule has 0 saturated carbocycles. The third kappa shape index (κ3) is 12.7. The van der Waals surface area contributed by atoms with Gasteiger partial charge in [-0.25, -0.2) is 0 Å². The van der Waals surface area contributed by atoms with Crippen LogP contribution in [-0.2, 0) is 42.0 Å². The number of anilines is 1. The molecule has 0 saturated heterocycles. The predicted molar refractivity (Wildman–Crippen MR) is 221 cm³/mol. The molecular formula is C44H43N11O2Ru. The molecule has 13 nitrogen and oxygen atoms in total. The van der Waals surface area contributed by atoms with Crippen LogP contribution in [-0.4, -0.2) is 63.8 Å². The second-order valence-electron chi connectivity index (χ2n) is 12.8. The van der Waals surface area contributed by atoms with E-state index in [2.05, 4.69) is 50.8 Å². The van der Waals surface area contributed by atoms with E-state index in [1.165, 1.54) is 0 Å². The molecule has 0 aliphatic rings. The maximum absolute atomic E-state index is 12.7. The van der Waals surface area contributed by atoms with Crippen LogP contribution in [0.4, 0.5) is 5.69 Å². The van der Waals surface area contributed by atoms with Crippen molar-refractivity contribution in [1.29, 1.82) is 0 Å². The second kappa shape index (κ2) is 22.8. The smallest absolute Gasteiger partial charge is 0.224 e. The molecule has 0 spiro atoms. The van der Waals surface area contributed by atoms with Gasteiger partial charge in [-0.05, 0) is 85.6 Å². The van der Waals surface area contributed by atoms with Gasteiger partial charge in [0.1, 0.15) is 0 Å². The Morgan fingerprint density at radius 3 is 1.69 bits per heavy atom. The zero-order valence-corrected chi connectivity index (χ0v) is 33.7. The van der Waals surface area contributed by atoms with Gasteiger partial charge in [0.2, 0.25) is 11.8 Å². The third-order valence-corrected chi connectivity index (χ3v) is 8.68. The van der Waals surface area contributed by atoms with Crippen LogP contribution in [0.5, 0.6) is 0 Å². The first-order valence-corrected chi connectivity index (χ1v) is 18.7. The molecule has 1 aromatic carbocycles. The summed E-state index contributed by atoms with van der Waals surface area (Å²) in [4.78, 5) is 49.6. The van der Waals surface area contributed by atoms with E-state index < -0.39 is 0 Å². The Hall–Kier alpha value is -6.66. The minimum Gasteiger partial charge on any atom is -0.359 e. The third-order valence-electron chi connectivity index (χ3n) is 8.68. The maximum Gasteiger partial charge on any atom is 0.224 e. The fraction of sp³-hybridized carbons (Fsp3) is 0.182. The molecule has 14 heteroatoms. The number of fused-ring (bicyclic) bond motifs is 3. The number of unbranched alkanes of at least 4 members (excludes halogenated alkanes) is 2. The van der Waals surface area contributed by atoms with Gasteiger partial charge >= 0.3 is 0 Å². The summed E-state index contributed by atoms with van der Waals surface area (Å²) in [5.74, 6) is -0.0203. The molecule has 0 fully saturated rings. The summed E-state index contributed by atoms with van der Waals surface area (Å²) in [6, 6.07) is 32.7. The maximum atomic E-state index is 12.7. The number of hydrogen-bond acceptors (Lipinski definition) is 10. The molecular weight excluding hydrogens is 816 g/mol. The molecule has 8 aromatic rings. The first-order chi connectivity index (χ1) is 28.1. The zero-order chi connectivity index (χ0) is 39.5. The largest absolute Gasteiger partial charge is 0.359 e. The first kappa shape index (κ1) is 42.5. The summed E-state index contributed by atoms with van der Waals surface area (Å²) in [6.45, 7) is 0.747. The van der Waals surface area contributed by atoms with E-state index in [0.29, 0.717) is 19.3 Å². The van der Waals surface area contributed by atoms with Gasteiger partial charge in [0, 0.05) is 106 Å². The Morgan fingerprint density at radius 1 is 0.586 bits per heavy atom. The molecule has 0 unspecified atom stereocenters. The molecule has 0 aliphatic carbocycles. The van der Waals surface area contributed by atoms with Crippen LogP contribution in [0, 0.1) is 0 Å². The number of carbonyl (C=O) groups excluding carboxylic acids is 2. The van der Waals surface area contributed by atoms with Crippen LogP contribution >= 0.6 is 0 Å². The van der Waals surface area contributed by atoms with E-state index in [4.69, 9.17) is 0 Å². The first-order valence-electron chi connectivity index (χ1n) is 18.7. The van der Waals surface area contributed by atoms with Gasteiger partial charge in [0.15, 0.2) is 0 Å². The Labute approximate surface area is 349 Å². The molecule has 0 radical (unpaired) electrons. The number of aromatic nitrogens is 9. The van der Waals surface area contributed by atoms with Crippen LogP contribution in [0.2, 0.25) is 0 Å². The molecule has 294 valence electrons. The van der Waals surface area contributed by atoms with Gasteiger partial charge in [0.05, 0.1) is 45.2 Å². The molecule has 0 atom stereocenters. The van der Waals surface area contributed by atoms with Crippen LogP contribution in [0.15, 0.2) is 147 Å². The standard InChI is InChI=1S/C24H27N7O2.2C10H8N2.Ru/c1-25-21(32)9-3-2-4-14-31-16-18(29-30-31)10-11-22(33)28-20-15-17-7-5-12-26-23(17)24-19(20)8-6-13-27-24;2*1-3-7-11-9(5-1)10-6-2-4-8-12-10;/h5-8,12-13,15-16H,2-4,9-11,14H2,1H3,(H,25,32)(H,28,33);2*1-8H;. The second-order valence-corrected chi connectivity index (χ2v) is 12.8. The minimum absolute atomic E-state index is 0. The average molecular weight is 859 g/mol. The van der Waals surface area contributed by atoms with Gasteiger partial charge < -0.3 is 10.6 Å². The topological polar surface area (TPSA) is 166 Å². The van der Waals surface area contributed by atoms with E-state index in [1.807, 2.05) is 109 Å². The molecule has 8 rings (SSSR count). The van der Waals surface area contributed by atoms with Crippen molar-refractivity contribution < 1.29 is 29.1 Å². The van der Waals surface area contributed by atoms with Crippen molar-refractivity contribution in [2.45, 2.75) is 45.1 Å². The molecule has 0 aliphatic heterocycles. The number of pyridine rings is 6. The summed E-state index contributed by atoms with van der Waals surface area (Å²) < 4.78 is 1.79. The van der Waals surface area contributed by atoms with Crippen molar-refractivity contribution in [3.63, 3.8) is 0 Å². The van der Waals surface area contributed by atoms with E-state index in [-0.39, 0.29) is 31.3 Å². The number of hydrogen-bond donors (Lipinski definition) is 2. The number of rotatable bonds is 12. The van der Waals surface area contributed by atoms with Crippen LogP contribution in [0.1, 0.15) is 37.8 Å².